The molecule has 0 saturated carbocycles. The Labute approximate surface area is 86.8 Å². The number of nitrogens with zero attached hydrogens (tertiary/aromatic N) is 1. The van der Waals surface area contributed by atoms with Crippen molar-refractivity contribution >= 4 is 0 Å². The zero-order valence-corrected chi connectivity index (χ0v) is 9.00. The van der Waals surface area contributed by atoms with Gasteiger partial charge < -0.3 is 10.6 Å². The molecule has 1 rings (SSSR count). The molecular weight excluding hydrogens is 172 g/mol. The molecule has 0 amide bonds. The van der Waals surface area contributed by atoms with E-state index in [4.69, 9.17) is 5.73 Å². The third-order valence-corrected chi connectivity index (χ3v) is 2.62. The van der Waals surface area contributed by atoms with Crippen LogP contribution >= 0.6 is 0 Å². The highest BCUT2D eigenvalue weighted by Gasteiger charge is 2.10. The van der Waals surface area contributed by atoms with E-state index in [2.05, 4.69) is 30.6 Å². The summed E-state index contributed by atoms with van der Waals surface area (Å²) in [4.78, 5) is 2.32. The highest BCUT2D eigenvalue weighted by molar-refractivity contribution is 5.25. The maximum atomic E-state index is 5.47. The minimum absolute atomic E-state index is 0.972. The molecule has 1 fully saturated rings. The van der Waals surface area contributed by atoms with Crippen molar-refractivity contribution in [1.82, 2.24) is 4.90 Å². The Morgan fingerprint density at radius 2 is 2.00 bits per heavy atom. The maximum Gasteiger partial charge on any atom is 0.0293 e. The second-order valence-electron chi connectivity index (χ2n) is 3.61. The lowest BCUT2D eigenvalue weighted by molar-refractivity contribution is 0.442. The van der Waals surface area contributed by atoms with Gasteiger partial charge in [0.1, 0.15) is 0 Å². The van der Waals surface area contributed by atoms with E-state index >= 15 is 0 Å². The van der Waals surface area contributed by atoms with E-state index in [1.165, 1.54) is 12.8 Å². The summed E-state index contributed by atoms with van der Waals surface area (Å²) in [5, 5.41) is 0. The van der Waals surface area contributed by atoms with Gasteiger partial charge in [-0.3, -0.25) is 0 Å². The molecular formula is C12H20N2. The molecule has 14 heavy (non-hydrogen) atoms. The molecule has 1 aliphatic rings. The standard InChI is InChI=1S/C12H20N2/c1-3-12(10-13)7-6-11(2)14-8-4-5-9-14/h6-7,10H,2-5,8-9,13H2,1H3/b7-6-,12-10-. The lowest BCUT2D eigenvalue weighted by Gasteiger charge is -2.17. The number of likely N-dealkylation sites (tertiary alicyclic amines) is 1. The van der Waals surface area contributed by atoms with Gasteiger partial charge in [-0.2, -0.15) is 0 Å². The van der Waals surface area contributed by atoms with Crippen molar-refractivity contribution in [2.45, 2.75) is 26.2 Å². The fraction of sp³-hybridized carbons (Fsp3) is 0.500. The van der Waals surface area contributed by atoms with E-state index < -0.39 is 0 Å². The van der Waals surface area contributed by atoms with Gasteiger partial charge in [0.15, 0.2) is 0 Å². The van der Waals surface area contributed by atoms with E-state index in [9.17, 15) is 0 Å². The van der Waals surface area contributed by atoms with Gasteiger partial charge in [0, 0.05) is 18.8 Å². The van der Waals surface area contributed by atoms with Crippen LogP contribution in [0.5, 0.6) is 0 Å². The molecule has 0 aromatic heterocycles. The summed E-state index contributed by atoms with van der Waals surface area (Å²) in [5.74, 6) is 0. The maximum absolute atomic E-state index is 5.47. The lowest BCUT2D eigenvalue weighted by Crippen LogP contribution is -2.16. The van der Waals surface area contributed by atoms with Crippen LogP contribution in [0.4, 0.5) is 0 Å². The first-order valence-corrected chi connectivity index (χ1v) is 5.30. The summed E-state index contributed by atoms with van der Waals surface area (Å²) in [5.41, 5.74) is 7.73. The smallest absolute Gasteiger partial charge is 0.0293 e. The van der Waals surface area contributed by atoms with Crippen molar-refractivity contribution in [2.24, 2.45) is 5.73 Å². The van der Waals surface area contributed by atoms with Crippen molar-refractivity contribution in [3.8, 4) is 0 Å². The SMILES string of the molecule is C=C(/C=C\C(=C/N)CC)N1CCCC1. The topological polar surface area (TPSA) is 29.3 Å². The Bertz CT molecular complexity index is 245. The van der Waals surface area contributed by atoms with Gasteiger partial charge in [0.2, 0.25) is 0 Å². The molecule has 1 saturated heterocycles. The van der Waals surface area contributed by atoms with E-state index in [0.717, 1.165) is 30.8 Å². The average molecular weight is 192 g/mol. The highest BCUT2D eigenvalue weighted by Crippen LogP contribution is 2.14. The number of allylic oxidation sites excluding steroid dienone is 3. The largest absolute Gasteiger partial charge is 0.404 e. The average Bonchev–Trinajstić information content (AvgIpc) is 2.72. The monoisotopic (exact) mass is 192 g/mol. The summed E-state index contributed by atoms with van der Waals surface area (Å²) < 4.78 is 0. The normalized spacial score (nSPS) is 18.1. The summed E-state index contributed by atoms with van der Waals surface area (Å²) in [7, 11) is 0. The zero-order chi connectivity index (χ0) is 10.4. The third-order valence-electron chi connectivity index (χ3n) is 2.62. The van der Waals surface area contributed by atoms with Gasteiger partial charge >= 0.3 is 0 Å². The molecule has 2 heteroatoms. The van der Waals surface area contributed by atoms with Crippen molar-refractivity contribution in [2.75, 3.05) is 13.1 Å². The van der Waals surface area contributed by atoms with Gasteiger partial charge in [-0.25, -0.2) is 0 Å². The van der Waals surface area contributed by atoms with Crippen LogP contribution in [0.2, 0.25) is 0 Å². The van der Waals surface area contributed by atoms with Crippen molar-refractivity contribution in [3.05, 3.63) is 36.2 Å². The number of nitrogens with two attached hydrogens (primary N) is 1. The minimum Gasteiger partial charge on any atom is -0.404 e. The molecule has 0 atom stereocenters. The predicted octanol–water partition coefficient (Wildman–Crippen LogP) is 2.40. The first-order chi connectivity index (χ1) is 6.77. The number of hydrogen-bond acceptors (Lipinski definition) is 2. The molecule has 0 bridgehead atoms. The van der Waals surface area contributed by atoms with E-state index in [0.29, 0.717) is 0 Å². The second kappa shape index (κ2) is 5.53. The molecule has 0 aliphatic carbocycles. The van der Waals surface area contributed by atoms with Crippen LogP contribution in [-0.4, -0.2) is 18.0 Å². The quantitative estimate of drug-likeness (QED) is 0.693. The molecule has 2 N–H and O–H groups in total. The molecule has 2 nitrogen and oxygen atoms in total. The Hall–Kier alpha value is -1.18. The van der Waals surface area contributed by atoms with Crippen LogP contribution < -0.4 is 5.73 Å². The van der Waals surface area contributed by atoms with Crippen LogP contribution in [0.3, 0.4) is 0 Å². The molecule has 0 aromatic rings. The van der Waals surface area contributed by atoms with Crippen molar-refractivity contribution in [3.63, 3.8) is 0 Å². The summed E-state index contributed by atoms with van der Waals surface area (Å²) in [6.45, 7) is 8.45. The Morgan fingerprint density at radius 3 is 2.50 bits per heavy atom. The van der Waals surface area contributed by atoms with E-state index in [-0.39, 0.29) is 0 Å². The van der Waals surface area contributed by atoms with Gasteiger partial charge in [-0.15, -0.1) is 0 Å². The number of rotatable bonds is 4. The molecule has 1 aliphatic heterocycles. The van der Waals surface area contributed by atoms with Crippen molar-refractivity contribution in [1.29, 1.82) is 0 Å². The molecule has 0 aromatic carbocycles. The van der Waals surface area contributed by atoms with Crippen LogP contribution in [0, 0.1) is 0 Å². The van der Waals surface area contributed by atoms with Crippen LogP contribution in [-0.2, 0) is 0 Å². The van der Waals surface area contributed by atoms with E-state index in [1.807, 2.05) is 0 Å². The molecule has 1 heterocycles. The lowest BCUT2D eigenvalue weighted by atomic mass is 10.2. The predicted molar refractivity (Wildman–Crippen MR) is 61.6 cm³/mol. The molecule has 0 unspecified atom stereocenters. The van der Waals surface area contributed by atoms with Gasteiger partial charge in [0.25, 0.3) is 0 Å². The van der Waals surface area contributed by atoms with Gasteiger partial charge in [-0.05, 0) is 37.1 Å². The summed E-state index contributed by atoms with van der Waals surface area (Å²) in [6.07, 6.45) is 9.34. The van der Waals surface area contributed by atoms with Crippen LogP contribution in [0.25, 0.3) is 0 Å². The molecule has 0 radical (unpaired) electrons. The number of hydrogen-bond donors (Lipinski definition) is 1. The summed E-state index contributed by atoms with van der Waals surface area (Å²) in [6, 6.07) is 0. The Morgan fingerprint density at radius 1 is 1.36 bits per heavy atom. The first-order valence-electron chi connectivity index (χ1n) is 5.30. The fourth-order valence-electron chi connectivity index (χ4n) is 1.60. The highest BCUT2D eigenvalue weighted by atomic mass is 15.1. The van der Waals surface area contributed by atoms with Gasteiger partial charge in [-0.1, -0.05) is 19.6 Å². The zero-order valence-electron chi connectivity index (χ0n) is 9.00. The fourth-order valence-corrected chi connectivity index (χ4v) is 1.60. The molecule has 78 valence electrons. The third kappa shape index (κ3) is 2.95. The van der Waals surface area contributed by atoms with Crippen LogP contribution in [0.15, 0.2) is 36.2 Å². The van der Waals surface area contributed by atoms with Gasteiger partial charge in [0.05, 0.1) is 0 Å². The molecule has 0 spiro atoms. The second-order valence-corrected chi connectivity index (χ2v) is 3.61. The van der Waals surface area contributed by atoms with E-state index in [1.54, 1.807) is 6.20 Å². The summed E-state index contributed by atoms with van der Waals surface area (Å²) >= 11 is 0. The van der Waals surface area contributed by atoms with Crippen molar-refractivity contribution < 1.29 is 0 Å². The first kappa shape index (κ1) is 10.9. The minimum atomic E-state index is 0.972. The Balaban J connectivity index is 2.46. The Kier molecular flexibility index (Phi) is 4.30. The van der Waals surface area contributed by atoms with Crippen LogP contribution in [0.1, 0.15) is 26.2 Å².